The summed E-state index contributed by atoms with van der Waals surface area (Å²) >= 11 is 0. The second-order valence-electron chi connectivity index (χ2n) is 10.0. The first-order chi connectivity index (χ1) is 18.3. The molecule has 1 aliphatic rings. The number of amidine groups is 1. The number of benzene rings is 3. The molecule has 5 N–H and O–H groups in total. The Morgan fingerprint density at radius 3 is 2.32 bits per heavy atom. The molecule has 3 aromatic carbocycles. The molecule has 7 nitrogen and oxygen atoms in total. The number of hydrogen-bond acceptors (Lipinski definition) is 5. The molecule has 3 aromatic rings. The summed E-state index contributed by atoms with van der Waals surface area (Å²) in [5.74, 6) is -0.765. The highest BCUT2D eigenvalue weighted by Gasteiger charge is 2.32. The topological polar surface area (TPSA) is 130 Å². The van der Waals surface area contributed by atoms with Gasteiger partial charge >= 0.3 is 0 Å². The number of piperidine rings is 1. The molecule has 1 saturated heterocycles. The zero-order chi connectivity index (χ0) is 27.1. The minimum Gasteiger partial charge on any atom is -0.384 e. The van der Waals surface area contributed by atoms with Gasteiger partial charge in [-0.15, -0.1) is 0 Å². The SMILES string of the molecule is N=C(N)c1cccc(CC(CS(=O)(=O)c2cccc(-c3ccccc3)c2)C(=O)N2CCC(CCN)CC2)c1. The summed E-state index contributed by atoms with van der Waals surface area (Å²) in [7, 11) is -3.77. The van der Waals surface area contributed by atoms with Crippen molar-refractivity contribution in [3.05, 3.63) is 90.0 Å². The molecule has 0 spiro atoms. The van der Waals surface area contributed by atoms with Gasteiger partial charge in [-0.05, 0) is 73.0 Å². The molecule has 0 radical (unpaired) electrons. The molecule has 38 heavy (non-hydrogen) atoms. The van der Waals surface area contributed by atoms with E-state index in [2.05, 4.69) is 0 Å². The zero-order valence-corrected chi connectivity index (χ0v) is 22.4. The minimum atomic E-state index is -3.77. The minimum absolute atomic E-state index is 0.0675. The number of nitrogens with two attached hydrogens (primary N) is 2. The molecule has 1 amide bonds. The Kier molecular flexibility index (Phi) is 8.97. The molecule has 0 saturated carbocycles. The van der Waals surface area contributed by atoms with E-state index in [1.165, 1.54) is 0 Å². The third-order valence-corrected chi connectivity index (χ3v) is 9.10. The first kappa shape index (κ1) is 27.5. The largest absolute Gasteiger partial charge is 0.384 e. The van der Waals surface area contributed by atoms with Crippen molar-refractivity contribution in [2.24, 2.45) is 23.3 Å². The van der Waals surface area contributed by atoms with Crippen LogP contribution < -0.4 is 11.5 Å². The van der Waals surface area contributed by atoms with Crippen LogP contribution in [0, 0.1) is 17.2 Å². The van der Waals surface area contributed by atoms with Gasteiger partial charge in [0.1, 0.15) is 5.84 Å². The first-order valence-electron chi connectivity index (χ1n) is 13.1. The molecule has 8 heteroatoms. The van der Waals surface area contributed by atoms with Crippen LogP contribution in [-0.2, 0) is 21.1 Å². The van der Waals surface area contributed by atoms with Crippen molar-refractivity contribution in [1.82, 2.24) is 4.90 Å². The maximum absolute atomic E-state index is 13.8. The van der Waals surface area contributed by atoms with Gasteiger partial charge in [0.05, 0.1) is 16.6 Å². The number of carbonyl (C=O) groups excluding carboxylic acids is 1. The lowest BCUT2D eigenvalue weighted by atomic mass is 9.92. The van der Waals surface area contributed by atoms with Gasteiger partial charge in [0.15, 0.2) is 9.84 Å². The van der Waals surface area contributed by atoms with Crippen molar-refractivity contribution in [1.29, 1.82) is 5.41 Å². The quantitative estimate of drug-likeness (QED) is 0.270. The van der Waals surface area contributed by atoms with Gasteiger partial charge in [0.25, 0.3) is 0 Å². The summed E-state index contributed by atoms with van der Waals surface area (Å²) in [4.78, 5) is 15.8. The number of hydrogen-bond donors (Lipinski definition) is 3. The van der Waals surface area contributed by atoms with Crippen LogP contribution in [0.3, 0.4) is 0 Å². The summed E-state index contributed by atoms with van der Waals surface area (Å²) in [6.45, 7) is 1.85. The van der Waals surface area contributed by atoms with E-state index in [1.54, 1.807) is 36.4 Å². The van der Waals surface area contributed by atoms with Crippen molar-refractivity contribution in [3.8, 4) is 11.1 Å². The van der Waals surface area contributed by atoms with Crippen LogP contribution in [0.1, 0.15) is 30.4 Å². The fourth-order valence-electron chi connectivity index (χ4n) is 5.16. The van der Waals surface area contributed by atoms with Crippen molar-refractivity contribution in [2.75, 3.05) is 25.4 Å². The average Bonchev–Trinajstić information content (AvgIpc) is 2.93. The Hall–Kier alpha value is -3.49. The van der Waals surface area contributed by atoms with E-state index < -0.39 is 15.8 Å². The van der Waals surface area contributed by atoms with Gasteiger partial charge in [-0.25, -0.2) is 8.42 Å². The first-order valence-corrected chi connectivity index (χ1v) is 14.7. The van der Waals surface area contributed by atoms with E-state index in [1.807, 2.05) is 47.4 Å². The fraction of sp³-hybridized carbons (Fsp3) is 0.333. The second-order valence-corrected chi connectivity index (χ2v) is 12.1. The van der Waals surface area contributed by atoms with Gasteiger partial charge in [-0.3, -0.25) is 10.2 Å². The highest BCUT2D eigenvalue weighted by atomic mass is 32.2. The summed E-state index contributed by atoms with van der Waals surface area (Å²) < 4.78 is 27.4. The van der Waals surface area contributed by atoms with E-state index in [9.17, 15) is 13.2 Å². The Balaban J connectivity index is 1.60. The van der Waals surface area contributed by atoms with E-state index in [4.69, 9.17) is 16.9 Å². The van der Waals surface area contributed by atoms with Crippen LogP contribution in [-0.4, -0.2) is 50.4 Å². The highest BCUT2D eigenvalue weighted by molar-refractivity contribution is 7.91. The lowest BCUT2D eigenvalue weighted by Gasteiger charge is -2.34. The molecule has 4 rings (SSSR count). The van der Waals surface area contributed by atoms with E-state index in [0.29, 0.717) is 31.1 Å². The molecule has 1 unspecified atom stereocenters. The van der Waals surface area contributed by atoms with Crippen LogP contribution in [0.2, 0.25) is 0 Å². The number of nitrogen functional groups attached to an aromatic ring is 1. The molecular weight excluding hydrogens is 496 g/mol. The molecule has 1 atom stereocenters. The summed E-state index contributed by atoms with van der Waals surface area (Å²) in [5, 5.41) is 7.76. The van der Waals surface area contributed by atoms with Crippen LogP contribution in [0.5, 0.6) is 0 Å². The van der Waals surface area contributed by atoms with Gasteiger partial charge in [-0.2, -0.15) is 0 Å². The predicted octanol–water partition coefficient (Wildman–Crippen LogP) is 3.86. The number of carbonyl (C=O) groups is 1. The van der Waals surface area contributed by atoms with Crippen molar-refractivity contribution < 1.29 is 13.2 Å². The molecule has 200 valence electrons. The number of sulfone groups is 1. The summed E-state index contributed by atoms with van der Waals surface area (Å²) in [6, 6.07) is 23.7. The maximum Gasteiger partial charge on any atom is 0.227 e. The van der Waals surface area contributed by atoms with Crippen molar-refractivity contribution in [2.45, 2.75) is 30.6 Å². The van der Waals surface area contributed by atoms with Crippen LogP contribution in [0.15, 0.2) is 83.8 Å². The lowest BCUT2D eigenvalue weighted by Crippen LogP contribution is -2.44. The third-order valence-electron chi connectivity index (χ3n) is 7.29. The van der Waals surface area contributed by atoms with E-state index >= 15 is 0 Å². The van der Waals surface area contributed by atoms with Crippen LogP contribution >= 0.6 is 0 Å². The zero-order valence-electron chi connectivity index (χ0n) is 21.6. The molecule has 1 aliphatic heterocycles. The third kappa shape index (κ3) is 6.88. The monoisotopic (exact) mass is 532 g/mol. The van der Waals surface area contributed by atoms with Crippen molar-refractivity contribution in [3.63, 3.8) is 0 Å². The molecule has 0 aliphatic carbocycles. The number of amides is 1. The van der Waals surface area contributed by atoms with Gasteiger partial charge in [0, 0.05) is 18.7 Å². The Bertz CT molecular complexity index is 1370. The van der Waals surface area contributed by atoms with Crippen LogP contribution in [0.4, 0.5) is 0 Å². The average molecular weight is 533 g/mol. The van der Waals surface area contributed by atoms with Gasteiger partial charge < -0.3 is 16.4 Å². The predicted molar refractivity (Wildman–Crippen MR) is 152 cm³/mol. The van der Waals surface area contributed by atoms with Gasteiger partial charge in [0.2, 0.25) is 5.91 Å². The van der Waals surface area contributed by atoms with Gasteiger partial charge in [-0.1, -0.05) is 60.7 Å². The molecule has 1 heterocycles. The number of nitrogens with one attached hydrogen (secondary N) is 1. The van der Waals surface area contributed by atoms with Crippen molar-refractivity contribution >= 4 is 21.6 Å². The molecule has 0 aromatic heterocycles. The standard InChI is InChI=1S/C30H36N4O3S/c31-15-12-22-13-16-34(17-14-22)30(35)27(19-23-6-4-10-26(18-23)29(32)33)21-38(36,37)28-11-5-9-25(20-28)24-7-2-1-3-8-24/h1-11,18,20,22,27H,12-17,19,21,31H2,(H3,32,33). The summed E-state index contributed by atoms with van der Waals surface area (Å²) in [6.07, 6.45) is 2.94. The highest BCUT2D eigenvalue weighted by Crippen LogP contribution is 2.27. The number of likely N-dealkylation sites (tertiary alicyclic amines) is 1. The van der Waals surface area contributed by atoms with E-state index in [-0.39, 0.29) is 28.8 Å². The molecule has 0 bridgehead atoms. The molecular formula is C30H36N4O3S. The number of nitrogens with zero attached hydrogens (tertiary/aromatic N) is 1. The Labute approximate surface area is 225 Å². The summed E-state index contributed by atoms with van der Waals surface area (Å²) in [5.41, 5.74) is 14.5. The smallest absolute Gasteiger partial charge is 0.227 e. The van der Waals surface area contributed by atoms with Crippen LogP contribution in [0.25, 0.3) is 11.1 Å². The maximum atomic E-state index is 13.8. The van der Waals surface area contributed by atoms with E-state index in [0.717, 1.165) is 36.0 Å². The fourth-order valence-corrected chi connectivity index (χ4v) is 6.74. The second kappa shape index (κ2) is 12.4. The molecule has 1 fully saturated rings. The Morgan fingerprint density at radius 2 is 1.63 bits per heavy atom. The Morgan fingerprint density at radius 1 is 0.947 bits per heavy atom. The number of rotatable bonds is 10. The lowest BCUT2D eigenvalue weighted by molar-refractivity contribution is -0.136. The normalized spacial score (nSPS) is 15.2.